The molecule has 1 aromatic heterocycles. The van der Waals surface area contributed by atoms with E-state index in [-0.39, 0.29) is 12.6 Å². The molecule has 0 bridgehead atoms. The highest BCUT2D eigenvalue weighted by Gasteiger charge is 2.26. The minimum Gasteiger partial charge on any atom is -0.324 e. The SMILES string of the molecule is C[C@@H](N)c1cnn(CCC(F)(F)F)c1. The zero-order valence-electron chi connectivity index (χ0n) is 7.75. The van der Waals surface area contributed by atoms with E-state index < -0.39 is 12.6 Å². The third-order valence-electron chi connectivity index (χ3n) is 1.80. The lowest BCUT2D eigenvalue weighted by atomic mass is 10.2. The molecule has 0 aromatic carbocycles. The van der Waals surface area contributed by atoms with Crippen LogP contribution in [0.3, 0.4) is 0 Å². The zero-order chi connectivity index (χ0) is 10.8. The monoisotopic (exact) mass is 207 g/mol. The maximum atomic E-state index is 11.8. The third-order valence-corrected chi connectivity index (χ3v) is 1.80. The maximum absolute atomic E-state index is 11.8. The van der Waals surface area contributed by atoms with Gasteiger partial charge in [-0.05, 0) is 6.92 Å². The van der Waals surface area contributed by atoms with Crippen LogP contribution in [-0.2, 0) is 6.54 Å². The van der Waals surface area contributed by atoms with Crippen molar-refractivity contribution < 1.29 is 13.2 Å². The Morgan fingerprint density at radius 2 is 2.21 bits per heavy atom. The molecule has 0 spiro atoms. The summed E-state index contributed by atoms with van der Waals surface area (Å²) in [5.74, 6) is 0. The van der Waals surface area contributed by atoms with Gasteiger partial charge in [-0.1, -0.05) is 0 Å². The van der Waals surface area contributed by atoms with Crippen LogP contribution in [0.15, 0.2) is 12.4 Å². The summed E-state index contributed by atoms with van der Waals surface area (Å²) >= 11 is 0. The van der Waals surface area contributed by atoms with E-state index in [1.54, 1.807) is 6.92 Å². The van der Waals surface area contributed by atoms with Gasteiger partial charge in [0.2, 0.25) is 0 Å². The van der Waals surface area contributed by atoms with Gasteiger partial charge in [0.15, 0.2) is 0 Å². The Kier molecular flexibility index (Phi) is 3.15. The molecular formula is C8H12F3N3. The van der Waals surface area contributed by atoms with Crippen LogP contribution < -0.4 is 5.73 Å². The molecule has 2 N–H and O–H groups in total. The Bertz CT molecular complexity index is 290. The molecule has 14 heavy (non-hydrogen) atoms. The molecule has 1 rings (SSSR count). The number of aromatic nitrogens is 2. The molecule has 0 saturated carbocycles. The van der Waals surface area contributed by atoms with Gasteiger partial charge in [-0.15, -0.1) is 0 Å². The molecule has 1 atom stereocenters. The van der Waals surface area contributed by atoms with Gasteiger partial charge in [0.1, 0.15) is 0 Å². The van der Waals surface area contributed by atoms with E-state index in [0.717, 1.165) is 5.56 Å². The Balaban J connectivity index is 2.52. The fourth-order valence-corrected chi connectivity index (χ4v) is 0.978. The van der Waals surface area contributed by atoms with E-state index in [2.05, 4.69) is 5.10 Å². The van der Waals surface area contributed by atoms with Gasteiger partial charge in [-0.2, -0.15) is 18.3 Å². The molecule has 0 radical (unpaired) electrons. The number of aryl methyl sites for hydroxylation is 1. The van der Waals surface area contributed by atoms with Crippen molar-refractivity contribution in [1.82, 2.24) is 9.78 Å². The number of nitrogens with two attached hydrogens (primary N) is 1. The van der Waals surface area contributed by atoms with Crippen LogP contribution in [0.2, 0.25) is 0 Å². The Labute approximate surface area is 79.7 Å². The van der Waals surface area contributed by atoms with Crippen LogP contribution in [0.25, 0.3) is 0 Å². The first-order valence-electron chi connectivity index (χ1n) is 4.23. The van der Waals surface area contributed by atoms with E-state index in [9.17, 15) is 13.2 Å². The number of hydrogen-bond donors (Lipinski definition) is 1. The maximum Gasteiger partial charge on any atom is 0.390 e. The van der Waals surface area contributed by atoms with Crippen LogP contribution in [0.4, 0.5) is 13.2 Å². The molecule has 80 valence electrons. The average Bonchev–Trinajstić information content (AvgIpc) is 2.47. The molecule has 6 heteroatoms. The summed E-state index contributed by atoms with van der Waals surface area (Å²) in [7, 11) is 0. The van der Waals surface area contributed by atoms with Crippen molar-refractivity contribution in [2.45, 2.75) is 32.1 Å². The predicted octanol–water partition coefficient (Wildman–Crippen LogP) is 1.86. The molecule has 0 aliphatic rings. The fraction of sp³-hybridized carbons (Fsp3) is 0.625. The minimum absolute atomic E-state index is 0.157. The summed E-state index contributed by atoms with van der Waals surface area (Å²) in [6.45, 7) is 1.60. The molecule has 0 saturated heterocycles. The van der Waals surface area contributed by atoms with Gasteiger partial charge >= 0.3 is 6.18 Å². The predicted molar refractivity (Wildman–Crippen MR) is 45.5 cm³/mol. The minimum atomic E-state index is -4.14. The quantitative estimate of drug-likeness (QED) is 0.822. The van der Waals surface area contributed by atoms with E-state index in [1.165, 1.54) is 17.1 Å². The van der Waals surface area contributed by atoms with Crippen LogP contribution in [0, 0.1) is 0 Å². The number of alkyl halides is 3. The van der Waals surface area contributed by atoms with Crippen molar-refractivity contribution in [1.29, 1.82) is 0 Å². The Hall–Kier alpha value is -1.04. The summed E-state index contributed by atoms with van der Waals surface area (Å²) in [6, 6.07) is -0.199. The summed E-state index contributed by atoms with van der Waals surface area (Å²) in [4.78, 5) is 0. The number of hydrogen-bond acceptors (Lipinski definition) is 2. The van der Waals surface area contributed by atoms with Crippen molar-refractivity contribution in [3.05, 3.63) is 18.0 Å². The Morgan fingerprint density at radius 3 is 2.64 bits per heavy atom. The highest BCUT2D eigenvalue weighted by Crippen LogP contribution is 2.20. The average molecular weight is 207 g/mol. The van der Waals surface area contributed by atoms with Gasteiger partial charge in [0, 0.05) is 24.3 Å². The summed E-state index contributed by atoms with van der Waals surface area (Å²) in [5.41, 5.74) is 6.28. The summed E-state index contributed by atoms with van der Waals surface area (Å²) in [6.07, 6.45) is -1.98. The number of nitrogens with zero attached hydrogens (tertiary/aromatic N) is 2. The van der Waals surface area contributed by atoms with E-state index in [1.807, 2.05) is 0 Å². The van der Waals surface area contributed by atoms with Gasteiger partial charge in [-0.3, -0.25) is 4.68 Å². The van der Waals surface area contributed by atoms with Crippen molar-refractivity contribution in [2.24, 2.45) is 5.73 Å². The van der Waals surface area contributed by atoms with Crippen LogP contribution >= 0.6 is 0 Å². The van der Waals surface area contributed by atoms with E-state index >= 15 is 0 Å². The Morgan fingerprint density at radius 1 is 1.57 bits per heavy atom. The second kappa shape index (κ2) is 4.00. The first-order valence-corrected chi connectivity index (χ1v) is 4.23. The number of halogens is 3. The lowest BCUT2D eigenvalue weighted by Crippen LogP contribution is -2.12. The molecule has 1 heterocycles. The molecule has 0 aliphatic heterocycles. The summed E-state index contributed by atoms with van der Waals surface area (Å²) < 4.78 is 36.8. The third kappa shape index (κ3) is 3.37. The fourth-order valence-electron chi connectivity index (χ4n) is 0.978. The van der Waals surface area contributed by atoms with Crippen molar-refractivity contribution in [3.63, 3.8) is 0 Å². The number of rotatable bonds is 3. The molecule has 0 unspecified atom stereocenters. The lowest BCUT2D eigenvalue weighted by Gasteiger charge is -2.05. The van der Waals surface area contributed by atoms with Gasteiger partial charge in [-0.25, -0.2) is 0 Å². The van der Waals surface area contributed by atoms with Crippen molar-refractivity contribution in [2.75, 3.05) is 0 Å². The highest BCUT2D eigenvalue weighted by molar-refractivity contribution is 5.07. The molecule has 3 nitrogen and oxygen atoms in total. The van der Waals surface area contributed by atoms with Crippen LogP contribution in [0.5, 0.6) is 0 Å². The van der Waals surface area contributed by atoms with Crippen LogP contribution in [-0.4, -0.2) is 16.0 Å². The topological polar surface area (TPSA) is 43.8 Å². The first-order chi connectivity index (χ1) is 6.38. The van der Waals surface area contributed by atoms with Gasteiger partial charge < -0.3 is 5.73 Å². The van der Waals surface area contributed by atoms with E-state index in [4.69, 9.17) is 5.73 Å². The molecular weight excluding hydrogens is 195 g/mol. The standard InChI is InChI=1S/C8H12F3N3/c1-6(12)7-4-13-14(5-7)3-2-8(9,10)11/h4-6H,2-3,12H2,1H3/t6-/m1/s1. The summed E-state index contributed by atoms with van der Waals surface area (Å²) in [5, 5.41) is 3.78. The molecule has 0 amide bonds. The normalized spacial score (nSPS) is 14.4. The molecule has 0 fully saturated rings. The van der Waals surface area contributed by atoms with Gasteiger partial charge in [0.05, 0.1) is 12.6 Å². The van der Waals surface area contributed by atoms with Gasteiger partial charge in [0.25, 0.3) is 0 Å². The first kappa shape index (κ1) is 11.0. The molecule has 0 aliphatic carbocycles. The van der Waals surface area contributed by atoms with Crippen LogP contribution in [0.1, 0.15) is 24.9 Å². The largest absolute Gasteiger partial charge is 0.390 e. The lowest BCUT2D eigenvalue weighted by molar-refractivity contribution is -0.137. The molecule has 1 aromatic rings. The second-order valence-corrected chi connectivity index (χ2v) is 3.19. The second-order valence-electron chi connectivity index (χ2n) is 3.19. The van der Waals surface area contributed by atoms with Crippen molar-refractivity contribution in [3.8, 4) is 0 Å². The van der Waals surface area contributed by atoms with E-state index in [0.29, 0.717) is 0 Å². The smallest absolute Gasteiger partial charge is 0.324 e. The highest BCUT2D eigenvalue weighted by atomic mass is 19.4. The zero-order valence-corrected chi connectivity index (χ0v) is 7.75. The van der Waals surface area contributed by atoms with Crippen molar-refractivity contribution >= 4 is 0 Å².